The highest BCUT2D eigenvalue weighted by atomic mass is 35.5. The fraction of sp³-hybridized carbons (Fsp3) is 0.556. The summed E-state index contributed by atoms with van der Waals surface area (Å²) in [4.78, 5) is 23.6. The van der Waals surface area contributed by atoms with Crippen LogP contribution in [0.3, 0.4) is 0 Å². The summed E-state index contributed by atoms with van der Waals surface area (Å²) in [7, 11) is 0. The molecule has 2 N–H and O–H groups in total. The first kappa shape index (κ1) is 16.3. The number of hydrogen-bond donors (Lipinski definition) is 2. The lowest BCUT2D eigenvalue weighted by Gasteiger charge is -2.38. The number of nitrogens with one attached hydrogen (secondary N) is 2. The minimum absolute atomic E-state index is 0.0128. The lowest BCUT2D eigenvalue weighted by Crippen LogP contribution is -2.48. The number of carbonyl (C=O) groups excluding carboxylic acids is 2. The SMILES string of the molecule is O=C1CC[C@H](C(=O)NCC2(c3ccc(Cl)cc3)CCCCC2)N1. The summed E-state index contributed by atoms with van der Waals surface area (Å²) in [6.45, 7) is 0.625. The fourth-order valence-corrected chi connectivity index (χ4v) is 3.92. The Morgan fingerprint density at radius 3 is 2.52 bits per heavy atom. The van der Waals surface area contributed by atoms with Crippen LogP contribution in [0.1, 0.15) is 50.5 Å². The molecular formula is C18H23ClN2O2. The van der Waals surface area contributed by atoms with E-state index in [-0.39, 0.29) is 23.3 Å². The van der Waals surface area contributed by atoms with Crippen LogP contribution in [0.25, 0.3) is 0 Å². The standard InChI is InChI=1S/C18H23ClN2O2/c19-14-6-4-13(5-7-14)18(10-2-1-3-11-18)12-20-17(23)15-8-9-16(22)21-15/h4-7,15H,1-3,8-12H2,(H,20,23)(H,21,22)/t15-/m1/s1. The molecule has 1 aromatic carbocycles. The van der Waals surface area contributed by atoms with Crippen LogP contribution in [0.15, 0.2) is 24.3 Å². The Morgan fingerprint density at radius 1 is 1.22 bits per heavy atom. The lowest BCUT2D eigenvalue weighted by molar-refractivity contribution is -0.126. The van der Waals surface area contributed by atoms with Gasteiger partial charge in [-0.25, -0.2) is 0 Å². The van der Waals surface area contributed by atoms with Gasteiger partial charge in [-0.3, -0.25) is 9.59 Å². The van der Waals surface area contributed by atoms with Crippen molar-refractivity contribution in [3.05, 3.63) is 34.9 Å². The average molecular weight is 335 g/mol. The Morgan fingerprint density at radius 2 is 1.91 bits per heavy atom. The molecule has 1 saturated heterocycles. The predicted octanol–water partition coefficient (Wildman–Crippen LogP) is 2.94. The molecule has 1 heterocycles. The maximum atomic E-state index is 12.3. The summed E-state index contributed by atoms with van der Waals surface area (Å²) in [5, 5.41) is 6.55. The molecule has 23 heavy (non-hydrogen) atoms. The van der Waals surface area contributed by atoms with E-state index in [0.717, 1.165) is 17.9 Å². The molecule has 5 heteroatoms. The fourth-order valence-electron chi connectivity index (χ4n) is 3.79. The van der Waals surface area contributed by atoms with Crippen LogP contribution in [0.5, 0.6) is 0 Å². The molecule has 0 spiro atoms. The second-order valence-corrected chi connectivity index (χ2v) is 7.16. The maximum Gasteiger partial charge on any atom is 0.242 e. The first-order valence-electron chi connectivity index (χ1n) is 8.42. The van der Waals surface area contributed by atoms with E-state index in [1.165, 1.54) is 24.8 Å². The summed E-state index contributed by atoms with van der Waals surface area (Å²) in [6, 6.07) is 7.64. The lowest BCUT2D eigenvalue weighted by atomic mass is 9.69. The summed E-state index contributed by atoms with van der Waals surface area (Å²) in [5.41, 5.74) is 1.23. The van der Waals surface area contributed by atoms with Crippen molar-refractivity contribution in [3.8, 4) is 0 Å². The van der Waals surface area contributed by atoms with Crippen molar-refractivity contribution in [2.24, 2.45) is 0 Å². The largest absolute Gasteiger partial charge is 0.353 e. The third-order valence-corrected chi connectivity index (χ3v) is 5.43. The summed E-state index contributed by atoms with van der Waals surface area (Å²) < 4.78 is 0. The van der Waals surface area contributed by atoms with Gasteiger partial charge in [0.1, 0.15) is 6.04 Å². The Bertz CT molecular complexity index is 579. The molecule has 1 saturated carbocycles. The second-order valence-electron chi connectivity index (χ2n) is 6.72. The molecule has 2 fully saturated rings. The van der Waals surface area contributed by atoms with E-state index >= 15 is 0 Å². The van der Waals surface area contributed by atoms with Crippen molar-refractivity contribution < 1.29 is 9.59 Å². The monoisotopic (exact) mass is 334 g/mol. The second kappa shape index (κ2) is 6.91. The molecule has 3 rings (SSSR count). The molecule has 1 atom stereocenters. The number of hydrogen-bond acceptors (Lipinski definition) is 2. The van der Waals surface area contributed by atoms with Gasteiger partial charge in [0.2, 0.25) is 11.8 Å². The Kier molecular flexibility index (Phi) is 4.90. The Balaban J connectivity index is 1.70. The highest BCUT2D eigenvalue weighted by molar-refractivity contribution is 6.30. The van der Waals surface area contributed by atoms with Crippen LogP contribution in [0, 0.1) is 0 Å². The smallest absolute Gasteiger partial charge is 0.242 e. The van der Waals surface area contributed by atoms with Crippen molar-refractivity contribution in [2.75, 3.05) is 6.54 Å². The molecule has 1 aliphatic heterocycles. The number of halogens is 1. The Hall–Kier alpha value is -1.55. The zero-order valence-corrected chi connectivity index (χ0v) is 14.0. The number of benzene rings is 1. The summed E-state index contributed by atoms with van der Waals surface area (Å²) >= 11 is 6.01. The normalized spacial score (nSPS) is 23.3. The van der Waals surface area contributed by atoms with Crippen molar-refractivity contribution in [3.63, 3.8) is 0 Å². The third kappa shape index (κ3) is 3.69. The van der Waals surface area contributed by atoms with E-state index in [0.29, 0.717) is 19.4 Å². The van der Waals surface area contributed by atoms with E-state index in [2.05, 4.69) is 22.8 Å². The first-order valence-corrected chi connectivity index (χ1v) is 8.80. The summed E-state index contributed by atoms with van der Waals surface area (Å²) in [6.07, 6.45) is 6.80. The Labute approximate surface area is 142 Å². The predicted molar refractivity (Wildman–Crippen MR) is 90.4 cm³/mol. The van der Waals surface area contributed by atoms with Gasteiger partial charge in [-0.2, -0.15) is 0 Å². The molecule has 0 aromatic heterocycles. The molecular weight excluding hydrogens is 312 g/mol. The van der Waals surface area contributed by atoms with Crippen molar-refractivity contribution in [2.45, 2.75) is 56.4 Å². The van der Waals surface area contributed by atoms with E-state index in [9.17, 15) is 9.59 Å². The van der Waals surface area contributed by atoms with Crippen LogP contribution < -0.4 is 10.6 Å². The van der Waals surface area contributed by atoms with E-state index < -0.39 is 0 Å². The maximum absolute atomic E-state index is 12.3. The molecule has 2 aliphatic rings. The molecule has 2 amide bonds. The van der Waals surface area contributed by atoms with Crippen LogP contribution in [-0.2, 0) is 15.0 Å². The van der Waals surface area contributed by atoms with Gasteiger partial charge in [-0.15, -0.1) is 0 Å². The zero-order valence-electron chi connectivity index (χ0n) is 13.2. The molecule has 0 unspecified atom stereocenters. The minimum Gasteiger partial charge on any atom is -0.353 e. The highest BCUT2D eigenvalue weighted by Crippen LogP contribution is 2.39. The quantitative estimate of drug-likeness (QED) is 0.889. The summed E-state index contributed by atoms with van der Waals surface area (Å²) in [5.74, 6) is -0.0926. The van der Waals surface area contributed by atoms with E-state index in [1.807, 2.05) is 12.1 Å². The first-order chi connectivity index (χ1) is 11.1. The molecule has 1 aliphatic carbocycles. The topological polar surface area (TPSA) is 58.2 Å². The molecule has 0 bridgehead atoms. The van der Waals surface area contributed by atoms with Gasteiger partial charge in [-0.1, -0.05) is 43.0 Å². The van der Waals surface area contributed by atoms with E-state index in [4.69, 9.17) is 11.6 Å². The molecule has 1 aromatic rings. The van der Waals surface area contributed by atoms with Crippen molar-refractivity contribution >= 4 is 23.4 Å². The van der Waals surface area contributed by atoms with Gasteiger partial charge < -0.3 is 10.6 Å². The number of rotatable bonds is 4. The number of carbonyl (C=O) groups is 2. The van der Waals surface area contributed by atoms with Gasteiger partial charge in [0.25, 0.3) is 0 Å². The van der Waals surface area contributed by atoms with E-state index in [1.54, 1.807) is 0 Å². The zero-order chi connectivity index (χ0) is 16.3. The van der Waals surface area contributed by atoms with Crippen molar-refractivity contribution in [1.82, 2.24) is 10.6 Å². The van der Waals surface area contributed by atoms with Gasteiger partial charge in [0.15, 0.2) is 0 Å². The van der Waals surface area contributed by atoms with Gasteiger partial charge >= 0.3 is 0 Å². The van der Waals surface area contributed by atoms with Crippen LogP contribution >= 0.6 is 11.6 Å². The highest BCUT2D eigenvalue weighted by Gasteiger charge is 2.35. The molecule has 0 radical (unpaired) electrons. The van der Waals surface area contributed by atoms with Crippen molar-refractivity contribution in [1.29, 1.82) is 0 Å². The van der Waals surface area contributed by atoms with Gasteiger partial charge in [0, 0.05) is 23.4 Å². The van der Waals surface area contributed by atoms with Crippen LogP contribution in [0.2, 0.25) is 5.02 Å². The molecule has 124 valence electrons. The third-order valence-electron chi connectivity index (χ3n) is 5.18. The number of amides is 2. The van der Waals surface area contributed by atoms with Gasteiger partial charge in [0.05, 0.1) is 0 Å². The average Bonchev–Trinajstić information content (AvgIpc) is 3.01. The van der Waals surface area contributed by atoms with Gasteiger partial charge in [-0.05, 0) is 37.0 Å². The molecule has 4 nitrogen and oxygen atoms in total. The minimum atomic E-state index is -0.367. The van der Waals surface area contributed by atoms with Crippen LogP contribution in [-0.4, -0.2) is 24.4 Å². The van der Waals surface area contributed by atoms with Crippen LogP contribution in [0.4, 0.5) is 0 Å².